The van der Waals surface area contributed by atoms with Gasteiger partial charge >= 0.3 is 0 Å². The fraction of sp³-hybridized carbons (Fsp3) is 0.208. The molecule has 0 unspecified atom stereocenters. The fourth-order valence-electron chi connectivity index (χ4n) is 3.84. The molecule has 2 aromatic heterocycles. The Morgan fingerprint density at radius 1 is 1.13 bits per heavy atom. The normalized spacial score (nSPS) is 13.6. The first-order valence-corrected chi connectivity index (χ1v) is 10.00. The second-order valence-corrected chi connectivity index (χ2v) is 7.86. The van der Waals surface area contributed by atoms with E-state index in [0.29, 0.717) is 11.6 Å². The predicted octanol–water partition coefficient (Wildman–Crippen LogP) is 5.21. The van der Waals surface area contributed by atoms with Crippen LogP contribution in [0, 0.1) is 12.7 Å². The average Bonchev–Trinajstić information content (AvgIpc) is 3.48. The lowest BCUT2D eigenvalue weighted by molar-refractivity contribution is 0.101. The minimum atomic E-state index is -0.205. The lowest BCUT2D eigenvalue weighted by Gasteiger charge is -2.12. The van der Waals surface area contributed by atoms with Gasteiger partial charge in [0, 0.05) is 29.9 Å². The van der Waals surface area contributed by atoms with Gasteiger partial charge in [0.05, 0.1) is 11.2 Å². The molecule has 0 radical (unpaired) electrons. The van der Waals surface area contributed by atoms with Crippen LogP contribution in [-0.2, 0) is 7.05 Å². The Bertz CT molecular complexity index is 1290. The first-order chi connectivity index (χ1) is 14.5. The number of pyridine rings is 1. The lowest BCUT2D eigenvalue weighted by Crippen LogP contribution is -2.16. The highest BCUT2D eigenvalue weighted by molar-refractivity contribution is 6.03. The topological polar surface area (TPSA) is 59.8 Å². The SMILES string of the molecule is Cc1cc(-c2ccc3cc(F)cc(C4CC4)c3n2)ccc1NC(=O)c1ccnn1C. The molecule has 0 bridgehead atoms. The second kappa shape index (κ2) is 7.06. The minimum Gasteiger partial charge on any atom is -0.320 e. The summed E-state index contributed by atoms with van der Waals surface area (Å²) in [7, 11) is 1.73. The first-order valence-electron chi connectivity index (χ1n) is 10.00. The van der Waals surface area contributed by atoms with Crippen molar-refractivity contribution in [3.8, 4) is 11.3 Å². The van der Waals surface area contributed by atoms with Gasteiger partial charge in [-0.25, -0.2) is 9.37 Å². The van der Waals surface area contributed by atoms with Crippen molar-refractivity contribution in [1.82, 2.24) is 14.8 Å². The Morgan fingerprint density at radius 2 is 1.97 bits per heavy atom. The summed E-state index contributed by atoms with van der Waals surface area (Å²) in [6, 6.07) is 14.5. The third-order valence-electron chi connectivity index (χ3n) is 5.63. The largest absolute Gasteiger partial charge is 0.320 e. The molecule has 2 heterocycles. The number of amides is 1. The molecule has 1 saturated carbocycles. The first kappa shape index (κ1) is 18.5. The maximum absolute atomic E-state index is 14.0. The van der Waals surface area contributed by atoms with Crippen LogP contribution in [0.4, 0.5) is 10.1 Å². The van der Waals surface area contributed by atoms with Crippen LogP contribution in [0.15, 0.2) is 54.7 Å². The second-order valence-electron chi connectivity index (χ2n) is 7.86. The van der Waals surface area contributed by atoms with Gasteiger partial charge in [0.2, 0.25) is 0 Å². The molecule has 1 aliphatic carbocycles. The van der Waals surface area contributed by atoms with Crippen LogP contribution in [-0.4, -0.2) is 20.7 Å². The number of hydrogen-bond donors (Lipinski definition) is 1. The van der Waals surface area contributed by atoms with Crippen LogP contribution in [0.2, 0.25) is 0 Å². The molecule has 5 nitrogen and oxygen atoms in total. The zero-order valence-electron chi connectivity index (χ0n) is 16.8. The summed E-state index contributed by atoms with van der Waals surface area (Å²) in [5.74, 6) is 0.00590. The van der Waals surface area contributed by atoms with E-state index < -0.39 is 0 Å². The Morgan fingerprint density at radius 3 is 2.67 bits per heavy atom. The average molecular weight is 400 g/mol. The highest BCUT2D eigenvalue weighted by Crippen LogP contribution is 2.43. The van der Waals surface area contributed by atoms with Crippen molar-refractivity contribution < 1.29 is 9.18 Å². The third kappa shape index (κ3) is 3.34. The third-order valence-corrected chi connectivity index (χ3v) is 5.63. The maximum Gasteiger partial charge on any atom is 0.273 e. The number of nitrogens with one attached hydrogen (secondary N) is 1. The van der Waals surface area contributed by atoms with E-state index in [1.165, 1.54) is 0 Å². The molecule has 0 spiro atoms. The lowest BCUT2D eigenvalue weighted by atomic mass is 10.0. The highest BCUT2D eigenvalue weighted by atomic mass is 19.1. The van der Waals surface area contributed by atoms with Gasteiger partial charge in [-0.15, -0.1) is 0 Å². The van der Waals surface area contributed by atoms with Gasteiger partial charge in [-0.2, -0.15) is 5.10 Å². The molecule has 1 aliphatic rings. The van der Waals surface area contributed by atoms with E-state index in [2.05, 4.69) is 10.4 Å². The van der Waals surface area contributed by atoms with E-state index >= 15 is 0 Å². The molecule has 0 atom stereocenters. The van der Waals surface area contributed by atoms with E-state index in [-0.39, 0.29) is 11.7 Å². The van der Waals surface area contributed by atoms with Crippen molar-refractivity contribution in [2.75, 3.05) is 5.32 Å². The number of hydrogen-bond acceptors (Lipinski definition) is 3. The van der Waals surface area contributed by atoms with Crippen LogP contribution in [0.5, 0.6) is 0 Å². The summed E-state index contributed by atoms with van der Waals surface area (Å²) in [6.07, 6.45) is 3.78. The molecule has 150 valence electrons. The summed E-state index contributed by atoms with van der Waals surface area (Å²) < 4.78 is 15.5. The zero-order valence-corrected chi connectivity index (χ0v) is 16.8. The number of anilines is 1. The molecule has 0 saturated heterocycles. The van der Waals surface area contributed by atoms with E-state index in [0.717, 1.165) is 51.8 Å². The Kier molecular flexibility index (Phi) is 4.35. The van der Waals surface area contributed by atoms with E-state index in [1.807, 2.05) is 37.3 Å². The van der Waals surface area contributed by atoms with Crippen LogP contribution in [0.25, 0.3) is 22.2 Å². The number of carbonyl (C=O) groups excluding carboxylic acids is 1. The molecule has 1 N–H and O–H groups in total. The van der Waals surface area contributed by atoms with Crippen LogP contribution in [0.3, 0.4) is 0 Å². The van der Waals surface area contributed by atoms with Crippen molar-refractivity contribution in [3.05, 3.63) is 77.4 Å². The molecular formula is C24H21FN4O. The van der Waals surface area contributed by atoms with E-state index in [1.54, 1.807) is 36.1 Å². The molecular weight excluding hydrogens is 379 g/mol. The van der Waals surface area contributed by atoms with Gasteiger partial charge in [0.1, 0.15) is 11.5 Å². The smallest absolute Gasteiger partial charge is 0.273 e. The number of rotatable bonds is 4. The number of halogens is 1. The molecule has 0 aliphatic heterocycles. The Labute approximate surface area is 173 Å². The zero-order chi connectivity index (χ0) is 20.8. The molecule has 1 fully saturated rings. The molecule has 4 aromatic rings. The van der Waals surface area contributed by atoms with Crippen molar-refractivity contribution in [2.24, 2.45) is 7.05 Å². The highest BCUT2D eigenvalue weighted by Gasteiger charge is 2.26. The summed E-state index contributed by atoms with van der Waals surface area (Å²) in [5, 5.41) is 7.80. The van der Waals surface area contributed by atoms with E-state index in [4.69, 9.17) is 4.98 Å². The maximum atomic E-state index is 14.0. The van der Waals surface area contributed by atoms with Gasteiger partial charge in [0.25, 0.3) is 5.91 Å². The van der Waals surface area contributed by atoms with Gasteiger partial charge < -0.3 is 5.32 Å². The van der Waals surface area contributed by atoms with Crippen LogP contribution >= 0.6 is 0 Å². The van der Waals surface area contributed by atoms with Crippen LogP contribution in [0.1, 0.15) is 40.4 Å². The Hall–Kier alpha value is -3.54. The van der Waals surface area contributed by atoms with Gasteiger partial charge in [-0.1, -0.05) is 12.1 Å². The minimum absolute atomic E-state index is 0.203. The summed E-state index contributed by atoms with van der Waals surface area (Å²) in [5.41, 5.74) is 5.85. The van der Waals surface area contributed by atoms with Crippen molar-refractivity contribution in [3.63, 3.8) is 0 Å². The fourth-order valence-corrected chi connectivity index (χ4v) is 3.84. The molecule has 30 heavy (non-hydrogen) atoms. The quantitative estimate of drug-likeness (QED) is 0.511. The molecule has 1 amide bonds. The predicted molar refractivity (Wildman–Crippen MR) is 115 cm³/mol. The molecule has 5 rings (SSSR count). The summed E-state index contributed by atoms with van der Waals surface area (Å²) in [6.45, 7) is 1.95. The summed E-state index contributed by atoms with van der Waals surface area (Å²) >= 11 is 0. The van der Waals surface area contributed by atoms with Gasteiger partial charge in [-0.05, 0) is 73.2 Å². The number of benzene rings is 2. The molecule has 6 heteroatoms. The van der Waals surface area contributed by atoms with E-state index in [9.17, 15) is 9.18 Å². The number of carbonyl (C=O) groups is 1. The number of aromatic nitrogens is 3. The standard InChI is InChI=1S/C24H21FN4O/c1-14-11-16(5-7-20(14)28-24(30)22-9-10-26-29(22)2)21-8-6-17-12-18(25)13-19(15-3-4-15)23(17)27-21/h5-13,15H,3-4H2,1-2H3,(H,28,30). The summed E-state index contributed by atoms with van der Waals surface area (Å²) in [4.78, 5) is 17.3. The number of aryl methyl sites for hydroxylation is 2. The number of nitrogens with zero attached hydrogens (tertiary/aromatic N) is 3. The van der Waals surface area contributed by atoms with Gasteiger partial charge in [-0.3, -0.25) is 9.48 Å². The Balaban J connectivity index is 1.47. The van der Waals surface area contributed by atoms with Crippen molar-refractivity contribution in [2.45, 2.75) is 25.7 Å². The van der Waals surface area contributed by atoms with Crippen molar-refractivity contribution >= 4 is 22.5 Å². The van der Waals surface area contributed by atoms with Crippen LogP contribution < -0.4 is 5.32 Å². The van der Waals surface area contributed by atoms with Gasteiger partial charge in [0.15, 0.2) is 0 Å². The van der Waals surface area contributed by atoms with Crippen molar-refractivity contribution in [1.29, 1.82) is 0 Å². The molecule has 2 aromatic carbocycles. The number of fused-ring (bicyclic) bond motifs is 1. The monoisotopic (exact) mass is 400 g/mol.